The van der Waals surface area contributed by atoms with Crippen molar-refractivity contribution >= 4 is 44.4 Å². The number of likely N-dealkylation sites (tertiary alicyclic amines) is 1. The number of benzene rings is 2. The van der Waals surface area contributed by atoms with Gasteiger partial charge in [0, 0.05) is 41.3 Å². The Bertz CT molecular complexity index is 1230. The van der Waals surface area contributed by atoms with E-state index in [1.165, 1.54) is 4.90 Å². The Kier molecular flexibility index (Phi) is 6.90. The van der Waals surface area contributed by atoms with E-state index in [-0.39, 0.29) is 24.9 Å². The van der Waals surface area contributed by atoms with E-state index in [9.17, 15) is 23.9 Å². The highest BCUT2D eigenvalue weighted by atomic mass is 79.9. The molecule has 1 atom stereocenters. The molecule has 0 saturated carbocycles. The van der Waals surface area contributed by atoms with Gasteiger partial charge in [-0.15, -0.1) is 0 Å². The van der Waals surface area contributed by atoms with Crippen LogP contribution in [-0.2, 0) is 22.7 Å². The summed E-state index contributed by atoms with van der Waals surface area (Å²) in [5, 5.41) is 12.7. The van der Waals surface area contributed by atoms with E-state index in [0.29, 0.717) is 45.9 Å². The van der Waals surface area contributed by atoms with E-state index < -0.39 is 24.2 Å². The molecule has 9 heteroatoms. The standard InChI is InChI=1S/C24H23BrFN3O4/c25-18-7-3-5-15(23(18)26)11-27-24(33)20-9-4-10-29(20)22(32)13-28-12-17(21(31)14-30)16-6-1-2-8-19(16)28/h1-3,5-8,12,20,30H,4,9-11,13-14H2,(H,27,33). The van der Waals surface area contributed by atoms with Gasteiger partial charge < -0.3 is 19.9 Å². The van der Waals surface area contributed by atoms with Gasteiger partial charge >= 0.3 is 0 Å². The number of halogens is 2. The van der Waals surface area contributed by atoms with Gasteiger partial charge in [-0.1, -0.05) is 30.3 Å². The number of carbonyl (C=O) groups is 3. The Labute approximate surface area is 198 Å². The Morgan fingerprint density at radius 3 is 2.73 bits per heavy atom. The topological polar surface area (TPSA) is 91.6 Å². The number of aliphatic hydroxyl groups is 1. The van der Waals surface area contributed by atoms with Crippen LogP contribution in [0.25, 0.3) is 10.9 Å². The molecule has 172 valence electrons. The number of ketones is 1. The Balaban J connectivity index is 1.48. The number of hydrogen-bond acceptors (Lipinski definition) is 4. The van der Waals surface area contributed by atoms with Crippen LogP contribution in [0, 0.1) is 5.82 Å². The van der Waals surface area contributed by atoms with Crippen molar-refractivity contribution in [3.63, 3.8) is 0 Å². The molecule has 3 aromatic rings. The van der Waals surface area contributed by atoms with E-state index in [1.807, 2.05) is 6.07 Å². The van der Waals surface area contributed by atoms with Crippen molar-refractivity contribution in [3.8, 4) is 0 Å². The molecule has 2 amide bonds. The van der Waals surface area contributed by atoms with Crippen molar-refractivity contribution in [1.82, 2.24) is 14.8 Å². The molecular formula is C24H23BrFN3O4. The van der Waals surface area contributed by atoms with E-state index in [0.717, 1.165) is 0 Å². The van der Waals surface area contributed by atoms with E-state index in [1.54, 1.807) is 47.2 Å². The lowest BCUT2D eigenvalue weighted by atomic mass is 10.1. The summed E-state index contributed by atoms with van der Waals surface area (Å²) < 4.78 is 16.2. The smallest absolute Gasteiger partial charge is 0.243 e. The second-order valence-corrected chi connectivity index (χ2v) is 8.80. The number of Topliss-reactive ketones (excluding diaryl/α,β-unsaturated/α-hetero) is 1. The zero-order chi connectivity index (χ0) is 23.5. The summed E-state index contributed by atoms with van der Waals surface area (Å²) in [5.74, 6) is -1.42. The first-order valence-corrected chi connectivity index (χ1v) is 11.4. The molecule has 1 aliphatic rings. The zero-order valence-corrected chi connectivity index (χ0v) is 19.3. The van der Waals surface area contributed by atoms with E-state index >= 15 is 0 Å². The number of nitrogens with one attached hydrogen (secondary N) is 1. The van der Waals surface area contributed by atoms with Gasteiger partial charge in [-0.3, -0.25) is 14.4 Å². The van der Waals surface area contributed by atoms with Crippen molar-refractivity contribution in [2.75, 3.05) is 13.2 Å². The van der Waals surface area contributed by atoms with Crippen LogP contribution in [0.1, 0.15) is 28.8 Å². The summed E-state index contributed by atoms with van der Waals surface area (Å²) in [6, 6.07) is 11.4. The molecule has 2 aromatic carbocycles. The lowest BCUT2D eigenvalue weighted by Crippen LogP contribution is -2.46. The third kappa shape index (κ3) is 4.69. The molecule has 1 unspecified atom stereocenters. The molecule has 4 rings (SSSR count). The molecule has 2 N–H and O–H groups in total. The summed E-state index contributed by atoms with van der Waals surface area (Å²) in [6.07, 6.45) is 2.79. The number of fused-ring (bicyclic) bond motifs is 1. The molecule has 0 spiro atoms. The summed E-state index contributed by atoms with van der Waals surface area (Å²) in [7, 11) is 0. The Morgan fingerprint density at radius 1 is 1.15 bits per heavy atom. The number of aromatic nitrogens is 1. The van der Waals surface area contributed by atoms with Crippen LogP contribution in [0.5, 0.6) is 0 Å². The summed E-state index contributed by atoms with van der Waals surface area (Å²) in [4.78, 5) is 39.6. The lowest BCUT2D eigenvalue weighted by Gasteiger charge is -2.24. The van der Waals surface area contributed by atoms with Crippen LogP contribution in [0.2, 0.25) is 0 Å². The first-order valence-electron chi connectivity index (χ1n) is 10.6. The molecule has 1 aliphatic heterocycles. The molecule has 7 nitrogen and oxygen atoms in total. The fourth-order valence-electron chi connectivity index (χ4n) is 4.24. The fourth-order valence-corrected chi connectivity index (χ4v) is 4.65. The fraction of sp³-hybridized carbons (Fsp3) is 0.292. The van der Waals surface area contributed by atoms with Gasteiger partial charge in [0.2, 0.25) is 11.8 Å². The summed E-state index contributed by atoms with van der Waals surface area (Å²) >= 11 is 3.13. The number of carbonyl (C=O) groups excluding carboxylic acids is 3. The van der Waals surface area contributed by atoms with Gasteiger partial charge in [-0.05, 0) is 40.9 Å². The molecule has 0 radical (unpaired) electrons. The lowest BCUT2D eigenvalue weighted by molar-refractivity contribution is -0.138. The van der Waals surface area contributed by atoms with Crippen molar-refractivity contribution in [3.05, 3.63) is 70.1 Å². The highest BCUT2D eigenvalue weighted by Gasteiger charge is 2.34. The minimum atomic E-state index is -0.631. The number of rotatable bonds is 7. The second-order valence-electron chi connectivity index (χ2n) is 7.95. The second kappa shape index (κ2) is 9.84. The van der Waals surface area contributed by atoms with Crippen LogP contribution in [-0.4, -0.2) is 51.4 Å². The van der Waals surface area contributed by atoms with Crippen molar-refractivity contribution in [2.24, 2.45) is 0 Å². The molecule has 1 fully saturated rings. The molecule has 1 saturated heterocycles. The van der Waals surface area contributed by atoms with Crippen LogP contribution < -0.4 is 5.32 Å². The van der Waals surface area contributed by atoms with Gasteiger partial charge in [0.1, 0.15) is 25.0 Å². The van der Waals surface area contributed by atoms with Crippen LogP contribution in [0.4, 0.5) is 4.39 Å². The first kappa shape index (κ1) is 23.1. The quantitative estimate of drug-likeness (QED) is 0.473. The highest BCUT2D eigenvalue weighted by Crippen LogP contribution is 2.24. The predicted octanol–water partition coefficient (Wildman–Crippen LogP) is 3.03. The zero-order valence-electron chi connectivity index (χ0n) is 17.8. The van der Waals surface area contributed by atoms with Crippen LogP contribution in [0.3, 0.4) is 0 Å². The average Bonchev–Trinajstić information content (AvgIpc) is 3.45. The summed E-state index contributed by atoms with van der Waals surface area (Å²) in [5.41, 5.74) is 1.41. The molecule has 0 bridgehead atoms. The number of aliphatic hydroxyl groups excluding tert-OH is 1. The normalized spacial score (nSPS) is 15.7. The van der Waals surface area contributed by atoms with Gasteiger partial charge in [-0.2, -0.15) is 0 Å². The monoisotopic (exact) mass is 515 g/mol. The maximum absolute atomic E-state index is 14.2. The maximum Gasteiger partial charge on any atom is 0.243 e. The number of para-hydroxylation sites is 1. The molecule has 1 aromatic heterocycles. The third-order valence-corrected chi connectivity index (χ3v) is 6.51. The van der Waals surface area contributed by atoms with Gasteiger partial charge in [0.05, 0.1) is 4.47 Å². The third-order valence-electron chi connectivity index (χ3n) is 5.90. The predicted molar refractivity (Wildman–Crippen MR) is 124 cm³/mol. The average molecular weight is 516 g/mol. The molecular weight excluding hydrogens is 493 g/mol. The highest BCUT2D eigenvalue weighted by molar-refractivity contribution is 9.10. The van der Waals surface area contributed by atoms with Crippen LogP contribution in [0.15, 0.2) is 53.1 Å². The number of hydrogen-bond donors (Lipinski definition) is 2. The molecule has 0 aliphatic carbocycles. The minimum absolute atomic E-state index is 0.0253. The van der Waals surface area contributed by atoms with Crippen LogP contribution >= 0.6 is 15.9 Å². The van der Waals surface area contributed by atoms with E-state index in [2.05, 4.69) is 21.2 Å². The Hall–Kier alpha value is -3.04. The Morgan fingerprint density at radius 2 is 1.94 bits per heavy atom. The van der Waals surface area contributed by atoms with Gasteiger partial charge in [-0.25, -0.2) is 4.39 Å². The van der Waals surface area contributed by atoms with Crippen molar-refractivity contribution < 1.29 is 23.9 Å². The van der Waals surface area contributed by atoms with Crippen molar-refractivity contribution in [2.45, 2.75) is 32.0 Å². The summed E-state index contributed by atoms with van der Waals surface area (Å²) in [6.45, 7) is -0.181. The molecule has 2 heterocycles. The molecule has 33 heavy (non-hydrogen) atoms. The van der Waals surface area contributed by atoms with Gasteiger partial charge in [0.25, 0.3) is 0 Å². The number of nitrogens with zero attached hydrogens (tertiary/aromatic N) is 2. The largest absolute Gasteiger partial charge is 0.388 e. The van der Waals surface area contributed by atoms with E-state index in [4.69, 9.17) is 0 Å². The van der Waals surface area contributed by atoms with Gasteiger partial charge in [0.15, 0.2) is 5.78 Å². The SMILES string of the molecule is O=C(CO)c1cn(CC(=O)N2CCCC2C(=O)NCc2cccc(Br)c2F)c2ccccc12. The minimum Gasteiger partial charge on any atom is -0.388 e. The first-order chi connectivity index (χ1) is 15.9. The number of amides is 2. The maximum atomic E-state index is 14.2. The van der Waals surface area contributed by atoms with Crippen molar-refractivity contribution in [1.29, 1.82) is 0 Å².